The maximum atomic E-state index is 12.0. The third-order valence-corrected chi connectivity index (χ3v) is 3.88. The van der Waals surface area contributed by atoms with Gasteiger partial charge in [-0.05, 0) is 33.6 Å². The van der Waals surface area contributed by atoms with Crippen molar-refractivity contribution in [1.29, 1.82) is 0 Å². The van der Waals surface area contributed by atoms with Gasteiger partial charge in [0.2, 0.25) is 5.91 Å². The van der Waals surface area contributed by atoms with Gasteiger partial charge in [-0.25, -0.2) is 0 Å². The summed E-state index contributed by atoms with van der Waals surface area (Å²) < 4.78 is 5.14. The molecule has 0 aromatic heterocycles. The van der Waals surface area contributed by atoms with Gasteiger partial charge in [-0.1, -0.05) is 12.2 Å². The van der Waals surface area contributed by atoms with E-state index in [0.29, 0.717) is 19.7 Å². The van der Waals surface area contributed by atoms with Crippen molar-refractivity contribution in [3.05, 3.63) is 12.2 Å². The zero-order valence-corrected chi connectivity index (χ0v) is 13.3. The zero-order chi connectivity index (χ0) is 16.0. The van der Waals surface area contributed by atoms with Gasteiger partial charge >= 0.3 is 5.97 Å². The van der Waals surface area contributed by atoms with Gasteiger partial charge in [0.1, 0.15) is 5.78 Å². The lowest BCUT2D eigenvalue weighted by Crippen LogP contribution is -2.34. The molecule has 1 spiro atoms. The van der Waals surface area contributed by atoms with E-state index in [0.717, 1.165) is 12.8 Å². The molecule has 21 heavy (non-hydrogen) atoms. The molecule has 1 aliphatic carbocycles. The second-order valence-corrected chi connectivity index (χ2v) is 5.85. The lowest BCUT2D eigenvalue weighted by molar-refractivity contribution is -0.150. The van der Waals surface area contributed by atoms with E-state index in [4.69, 9.17) is 4.74 Å². The number of likely N-dealkylation sites (tertiary alicyclic amines) is 1. The lowest BCUT2D eigenvalue weighted by Gasteiger charge is -2.28. The Labute approximate surface area is 126 Å². The maximum absolute atomic E-state index is 12.0. The molecule has 1 fully saturated rings. The molecular weight excluding hydrogens is 270 g/mol. The number of nitrogens with zero attached hydrogens (tertiary/aromatic N) is 1. The van der Waals surface area contributed by atoms with Crippen LogP contribution in [0.5, 0.6) is 0 Å². The summed E-state index contributed by atoms with van der Waals surface area (Å²) in [5.41, 5.74) is -0.0993. The molecule has 5 nitrogen and oxygen atoms in total. The number of esters is 1. The summed E-state index contributed by atoms with van der Waals surface area (Å²) in [6, 6.07) is 0. The van der Waals surface area contributed by atoms with Gasteiger partial charge in [0.25, 0.3) is 0 Å². The van der Waals surface area contributed by atoms with Crippen LogP contribution in [0.3, 0.4) is 0 Å². The molecule has 1 heterocycles. The molecule has 1 aliphatic heterocycles. The number of amides is 1. The minimum absolute atomic E-state index is 0.0445. The first kappa shape index (κ1) is 17.4. The fourth-order valence-electron chi connectivity index (χ4n) is 2.91. The number of allylic oxidation sites excluding steroid dienone is 2. The molecule has 0 aromatic carbocycles. The molecule has 0 unspecified atom stereocenters. The third kappa shape index (κ3) is 4.41. The molecule has 5 heteroatoms. The van der Waals surface area contributed by atoms with Crippen molar-refractivity contribution in [2.45, 2.75) is 40.5 Å². The van der Waals surface area contributed by atoms with Gasteiger partial charge in [-0.15, -0.1) is 0 Å². The number of ether oxygens (including phenoxy) is 1. The van der Waals surface area contributed by atoms with Crippen LogP contribution in [0.15, 0.2) is 12.2 Å². The molecule has 0 N–H and O–H groups in total. The summed E-state index contributed by atoms with van der Waals surface area (Å²) in [6.45, 7) is 8.02. The molecule has 2 aliphatic rings. The van der Waals surface area contributed by atoms with Gasteiger partial charge in [0.15, 0.2) is 0 Å². The van der Waals surface area contributed by atoms with Crippen LogP contribution in [0.4, 0.5) is 0 Å². The van der Waals surface area contributed by atoms with Crippen molar-refractivity contribution in [2.24, 2.45) is 11.3 Å². The first-order valence-electron chi connectivity index (χ1n) is 7.36. The van der Waals surface area contributed by atoms with Crippen LogP contribution < -0.4 is 0 Å². The van der Waals surface area contributed by atoms with E-state index >= 15 is 0 Å². The van der Waals surface area contributed by atoms with Crippen LogP contribution in [-0.4, -0.2) is 42.3 Å². The summed E-state index contributed by atoms with van der Waals surface area (Å²) in [6.07, 6.45) is 5.96. The highest BCUT2D eigenvalue weighted by Crippen LogP contribution is 2.46. The third-order valence-electron chi connectivity index (χ3n) is 3.88. The second kappa shape index (κ2) is 7.38. The van der Waals surface area contributed by atoms with Crippen molar-refractivity contribution in [1.82, 2.24) is 4.90 Å². The Morgan fingerprint density at radius 2 is 1.71 bits per heavy atom. The van der Waals surface area contributed by atoms with Crippen LogP contribution in [0, 0.1) is 11.3 Å². The highest BCUT2D eigenvalue weighted by molar-refractivity contribution is 5.79. The van der Waals surface area contributed by atoms with E-state index < -0.39 is 0 Å². The van der Waals surface area contributed by atoms with Gasteiger partial charge < -0.3 is 14.4 Å². The quantitative estimate of drug-likeness (QED) is 0.577. The predicted octanol–water partition coefficient (Wildman–Crippen LogP) is 1.96. The highest BCUT2D eigenvalue weighted by atomic mass is 16.5. The molecule has 0 aromatic rings. The van der Waals surface area contributed by atoms with Gasteiger partial charge in [0, 0.05) is 25.4 Å². The summed E-state index contributed by atoms with van der Waals surface area (Å²) in [5, 5.41) is 0. The second-order valence-electron chi connectivity index (χ2n) is 5.85. The average Bonchev–Trinajstić information content (AvgIpc) is 2.97. The summed E-state index contributed by atoms with van der Waals surface area (Å²) >= 11 is 0. The summed E-state index contributed by atoms with van der Waals surface area (Å²) in [7, 11) is 0. The molecule has 1 atom stereocenters. The topological polar surface area (TPSA) is 63.7 Å². The Morgan fingerprint density at radius 3 is 2.14 bits per heavy atom. The first-order chi connectivity index (χ1) is 9.82. The minimum atomic E-state index is -0.165. The standard InChI is InChI=1S/C13H19NO3.C3H6O/c1-3-17-12(16)11-8-14(10(2)15)9-13(11)6-4-5-7-13;1-3(2)4/h4-5,11H,3,6-9H2,1-2H3;1-2H3/t11-;/m0./s1. The zero-order valence-electron chi connectivity index (χ0n) is 13.3. The smallest absolute Gasteiger partial charge is 0.311 e. The summed E-state index contributed by atoms with van der Waals surface area (Å²) in [5.74, 6) is -0.107. The molecule has 118 valence electrons. The van der Waals surface area contributed by atoms with Crippen LogP contribution in [0.1, 0.15) is 40.5 Å². The van der Waals surface area contributed by atoms with E-state index in [-0.39, 0.29) is 29.0 Å². The van der Waals surface area contributed by atoms with E-state index in [9.17, 15) is 14.4 Å². The van der Waals surface area contributed by atoms with Gasteiger partial charge in [0.05, 0.1) is 12.5 Å². The molecular formula is C16H25NO4. The van der Waals surface area contributed by atoms with Crippen molar-refractivity contribution >= 4 is 17.7 Å². The Hall–Kier alpha value is -1.65. The van der Waals surface area contributed by atoms with Crippen molar-refractivity contribution < 1.29 is 19.1 Å². The van der Waals surface area contributed by atoms with Crippen LogP contribution in [0.2, 0.25) is 0 Å². The van der Waals surface area contributed by atoms with E-state index in [2.05, 4.69) is 12.2 Å². The number of ketones is 1. The van der Waals surface area contributed by atoms with Gasteiger partial charge in [-0.3, -0.25) is 9.59 Å². The van der Waals surface area contributed by atoms with Crippen LogP contribution in [-0.2, 0) is 19.1 Å². The number of carbonyl (C=O) groups is 3. The molecule has 0 radical (unpaired) electrons. The Balaban J connectivity index is 0.000000491. The molecule has 0 saturated carbocycles. The fraction of sp³-hybridized carbons (Fsp3) is 0.688. The Kier molecular flexibility index (Phi) is 6.12. The fourth-order valence-corrected chi connectivity index (χ4v) is 2.91. The maximum Gasteiger partial charge on any atom is 0.311 e. The Bertz CT molecular complexity index is 430. The van der Waals surface area contributed by atoms with Crippen molar-refractivity contribution in [3.8, 4) is 0 Å². The largest absolute Gasteiger partial charge is 0.466 e. The number of hydrogen-bond donors (Lipinski definition) is 0. The SMILES string of the molecule is CC(C)=O.CCOC(=O)[C@@H]1CN(C(C)=O)CC12CC=CC2. The van der Waals surface area contributed by atoms with E-state index in [1.54, 1.807) is 11.8 Å². The normalized spacial score (nSPS) is 21.9. The van der Waals surface area contributed by atoms with Gasteiger partial charge in [-0.2, -0.15) is 0 Å². The molecule has 2 rings (SSSR count). The monoisotopic (exact) mass is 295 g/mol. The van der Waals surface area contributed by atoms with E-state index in [1.165, 1.54) is 13.8 Å². The molecule has 1 saturated heterocycles. The average molecular weight is 295 g/mol. The number of Topliss-reactive ketones (excluding diaryl/α,β-unsaturated/α-hetero) is 1. The highest BCUT2D eigenvalue weighted by Gasteiger charge is 2.51. The number of carbonyl (C=O) groups excluding carboxylic acids is 3. The van der Waals surface area contributed by atoms with Crippen LogP contribution >= 0.6 is 0 Å². The number of rotatable bonds is 2. The summed E-state index contributed by atoms with van der Waals surface area (Å²) in [4.78, 5) is 34.7. The minimum Gasteiger partial charge on any atom is -0.466 e. The first-order valence-corrected chi connectivity index (χ1v) is 7.36. The van der Waals surface area contributed by atoms with Crippen LogP contribution in [0.25, 0.3) is 0 Å². The molecule has 1 amide bonds. The van der Waals surface area contributed by atoms with E-state index in [1.807, 2.05) is 6.92 Å². The van der Waals surface area contributed by atoms with Crippen molar-refractivity contribution in [2.75, 3.05) is 19.7 Å². The van der Waals surface area contributed by atoms with Crippen molar-refractivity contribution in [3.63, 3.8) is 0 Å². The predicted molar refractivity (Wildman–Crippen MR) is 79.5 cm³/mol. The number of hydrogen-bond acceptors (Lipinski definition) is 4. The Morgan fingerprint density at radius 1 is 1.19 bits per heavy atom. The molecule has 0 bridgehead atoms. The lowest BCUT2D eigenvalue weighted by atomic mass is 9.76.